The number of aromatic nitrogens is 2. The molecule has 2 heterocycles. The number of nitrogens with zero attached hydrogens (tertiary/aromatic N) is 3. The van der Waals surface area contributed by atoms with Crippen LogP contribution in [0, 0.1) is 20.8 Å². The number of hydrogen-bond donors (Lipinski definition) is 0. The molecule has 1 amide bonds. The van der Waals surface area contributed by atoms with Gasteiger partial charge in [-0.05, 0) is 45.7 Å². The Labute approximate surface area is 147 Å². The van der Waals surface area contributed by atoms with Gasteiger partial charge in [0.15, 0.2) is 0 Å². The fourth-order valence-corrected chi connectivity index (χ4v) is 3.99. The number of carbonyl (C=O) groups excluding carboxylic acids is 1. The Kier molecular flexibility index (Phi) is 5.28. The van der Waals surface area contributed by atoms with Crippen LogP contribution in [0.3, 0.4) is 0 Å². The number of rotatable bonds is 4. The van der Waals surface area contributed by atoms with E-state index in [1.54, 1.807) is 41.0 Å². The number of aryl methyl sites for hydroxylation is 3. The number of amides is 1. The van der Waals surface area contributed by atoms with Gasteiger partial charge in [0.25, 0.3) is 11.5 Å². The van der Waals surface area contributed by atoms with Crippen LogP contribution in [0.4, 0.5) is 0 Å². The standard InChI is InChI=1S/C18H25N3O2S/c1-8-15-10(2)9-14(18(23)21(15)7)17(22)20(6)11(3)16-12(4)24-13(5)19-16/h9,11H,8H2,1-7H3. The number of hydrogen-bond acceptors (Lipinski definition) is 4. The Balaban J connectivity index is 2.42. The Morgan fingerprint density at radius 3 is 2.50 bits per heavy atom. The quantitative estimate of drug-likeness (QED) is 0.854. The average molecular weight is 347 g/mol. The first-order chi connectivity index (χ1) is 11.2. The van der Waals surface area contributed by atoms with Crippen LogP contribution in [0.25, 0.3) is 0 Å². The normalized spacial score (nSPS) is 12.3. The van der Waals surface area contributed by atoms with Crippen molar-refractivity contribution >= 4 is 17.2 Å². The van der Waals surface area contributed by atoms with Crippen LogP contribution in [0.1, 0.15) is 57.1 Å². The SMILES string of the molecule is CCc1c(C)cc(C(=O)N(C)C(C)c2nc(C)sc2C)c(=O)n1C. The lowest BCUT2D eigenvalue weighted by Gasteiger charge is -2.25. The Bertz CT molecular complexity index is 836. The molecule has 0 fully saturated rings. The second kappa shape index (κ2) is 6.89. The van der Waals surface area contributed by atoms with Gasteiger partial charge in [-0.25, -0.2) is 4.98 Å². The highest BCUT2D eigenvalue weighted by Gasteiger charge is 2.25. The van der Waals surface area contributed by atoms with Crippen molar-refractivity contribution in [2.45, 2.75) is 47.1 Å². The van der Waals surface area contributed by atoms with Gasteiger partial charge in [0.1, 0.15) is 5.56 Å². The van der Waals surface area contributed by atoms with Crippen LogP contribution in [0.5, 0.6) is 0 Å². The van der Waals surface area contributed by atoms with Crippen LogP contribution in [0.15, 0.2) is 10.9 Å². The van der Waals surface area contributed by atoms with E-state index in [-0.39, 0.29) is 23.1 Å². The van der Waals surface area contributed by atoms with Gasteiger partial charge in [0.05, 0.1) is 16.7 Å². The van der Waals surface area contributed by atoms with E-state index < -0.39 is 0 Å². The smallest absolute Gasteiger partial charge is 0.263 e. The maximum absolute atomic E-state index is 12.9. The van der Waals surface area contributed by atoms with E-state index in [0.717, 1.165) is 33.3 Å². The minimum atomic E-state index is -0.265. The van der Waals surface area contributed by atoms with Crippen molar-refractivity contribution < 1.29 is 4.79 Å². The molecule has 0 saturated carbocycles. The fraction of sp³-hybridized carbons (Fsp3) is 0.500. The van der Waals surface area contributed by atoms with Crippen molar-refractivity contribution in [2.24, 2.45) is 7.05 Å². The summed E-state index contributed by atoms with van der Waals surface area (Å²) in [4.78, 5) is 32.7. The minimum absolute atomic E-state index is 0.182. The predicted molar refractivity (Wildman–Crippen MR) is 97.9 cm³/mol. The van der Waals surface area contributed by atoms with Gasteiger partial charge in [-0.2, -0.15) is 0 Å². The zero-order valence-electron chi connectivity index (χ0n) is 15.4. The van der Waals surface area contributed by atoms with E-state index in [0.29, 0.717) is 0 Å². The largest absolute Gasteiger partial charge is 0.333 e. The molecular formula is C18H25N3O2S. The molecule has 130 valence electrons. The van der Waals surface area contributed by atoms with Crippen LogP contribution in [0.2, 0.25) is 0 Å². The topological polar surface area (TPSA) is 55.2 Å². The molecule has 0 spiro atoms. The molecule has 0 aliphatic carbocycles. The first-order valence-electron chi connectivity index (χ1n) is 8.09. The third kappa shape index (κ3) is 3.15. The molecule has 1 unspecified atom stereocenters. The summed E-state index contributed by atoms with van der Waals surface area (Å²) in [5, 5.41) is 0.981. The summed E-state index contributed by atoms with van der Waals surface area (Å²) in [6.45, 7) is 9.85. The van der Waals surface area contributed by atoms with Crippen molar-refractivity contribution in [3.8, 4) is 0 Å². The first-order valence-corrected chi connectivity index (χ1v) is 8.91. The Hall–Kier alpha value is -1.95. The average Bonchev–Trinajstić information content (AvgIpc) is 2.87. The highest BCUT2D eigenvalue weighted by Crippen LogP contribution is 2.26. The number of pyridine rings is 1. The van der Waals surface area contributed by atoms with Gasteiger partial charge in [-0.3, -0.25) is 9.59 Å². The summed E-state index contributed by atoms with van der Waals surface area (Å²) in [7, 11) is 3.45. The van der Waals surface area contributed by atoms with E-state index in [4.69, 9.17) is 0 Å². The molecule has 0 aliphatic heterocycles. The summed E-state index contributed by atoms with van der Waals surface area (Å²) in [6, 6.07) is 1.53. The summed E-state index contributed by atoms with van der Waals surface area (Å²) in [6.07, 6.45) is 0.760. The van der Waals surface area contributed by atoms with E-state index in [9.17, 15) is 9.59 Å². The van der Waals surface area contributed by atoms with Crippen molar-refractivity contribution in [3.63, 3.8) is 0 Å². The molecule has 0 aromatic carbocycles. The summed E-state index contributed by atoms with van der Waals surface area (Å²) in [5.41, 5.74) is 2.79. The van der Waals surface area contributed by atoms with Gasteiger partial charge in [0, 0.05) is 24.7 Å². The molecule has 24 heavy (non-hydrogen) atoms. The highest BCUT2D eigenvalue weighted by molar-refractivity contribution is 7.11. The molecular weight excluding hydrogens is 322 g/mol. The molecule has 0 aliphatic rings. The minimum Gasteiger partial charge on any atom is -0.333 e. The molecule has 6 heteroatoms. The summed E-state index contributed by atoms with van der Waals surface area (Å²) < 4.78 is 1.58. The van der Waals surface area contributed by atoms with Gasteiger partial charge < -0.3 is 9.47 Å². The predicted octanol–water partition coefficient (Wildman–Crippen LogP) is 3.16. The molecule has 2 aromatic rings. The van der Waals surface area contributed by atoms with E-state index in [1.165, 1.54) is 0 Å². The maximum Gasteiger partial charge on any atom is 0.263 e. The molecule has 0 radical (unpaired) electrons. The third-order valence-corrected chi connectivity index (χ3v) is 5.46. The van der Waals surface area contributed by atoms with Crippen LogP contribution in [-0.4, -0.2) is 27.4 Å². The van der Waals surface area contributed by atoms with Gasteiger partial charge >= 0.3 is 0 Å². The molecule has 0 saturated heterocycles. The van der Waals surface area contributed by atoms with Crippen molar-refractivity contribution in [2.75, 3.05) is 7.05 Å². The molecule has 0 bridgehead atoms. The Morgan fingerprint density at radius 1 is 1.38 bits per heavy atom. The van der Waals surface area contributed by atoms with Crippen molar-refractivity contribution in [1.29, 1.82) is 0 Å². The summed E-state index contributed by atoms with van der Waals surface area (Å²) in [5.74, 6) is -0.265. The Morgan fingerprint density at radius 2 is 2.00 bits per heavy atom. The molecule has 1 atom stereocenters. The van der Waals surface area contributed by atoms with Crippen molar-refractivity contribution in [3.05, 3.63) is 48.8 Å². The third-order valence-electron chi connectivity index (χ3n) is 4.56. The number of carbonyl (C=O) groups is 1. The maximum atomic E-state index is 12.9. The monoisotopic (exact) mass is 347 g/mol. The molecule has 2 aromatic heterocycles. The second-order valence-electron chi connectivity index (χ2n) is 6.17. The zero-order chi connectivity index (χ0) is 18.2. The van der Waals surface area contributed by atoms with E-state index >= 15 is 0 Å². The number of thiazole rings is 1. The van der Waals surface area contributed by atoms with Crippen LogP contribution < -0.4 is 5.56 Å². The fourth-order valence-electron chi connectivity index (χ4n) is 3.08. The van der Waals surface area contributed by atoms with Crippen LogP contribution in [-0.2, 0) is 13.5 Å². The van der Waals surface area contributed by atoms with Gasteiger partial charge in [-0.1, -0.05) is 6.92 Å². The lowest BCUT2D eigenvalue weighted by molar-refractivity contribution is 0.0737. The first kappa shape index (κ1) is 18.4. The molecule has 2 rings (SSSR count). The highest BCUT2D eigenvalue weighted by atomic mass is 32.1. The van der Waals surface area contributed by atoms with Crippen LogP contribution >= 0.6 is 11.3 Å². The van der Waals surface area contributed by atoms with Gasteiger partial charge in [0.2, 0.25) is 0 Å². The van der Waals surface area contributed by atoms with E-state index in [2.05, 4.69) is 4.98 Å². The molecule has 0 N–H and O–H groups in total. The van der Waals surface area contributed by atoms with E-state index in [1.807, 2.05) is 34.6 Å². The van der Waals surface area contributed by atoms with Gasteiger partial charge in [-0.15, -0.1) is 11.3 Å². The summed E-state index contributed by atoms with van der Waals surface area (Å²) >= 11 is 1.62. The lowest BCUT2D eigenvalue weighted by Crippen LogP contribution is -2.36. The second-order valence-corrected chi connectivity index (χ2v) is 7.58. The zero-order valence-corrected chi connectivity index (χ0v) is 16.2. The van der Waals surface area contributed by atoms with Crippen molar-refractivity contribution in [1.82, 2.24) is 14.5 Å². The lowest BCUT2D eigenvalue weighted by atomic mass is 10.1. The molecule has 5 nitrogen and oxygen atoms in total.